The minimum absolute atomic E-state index is 0.0282. The molecule has 8 heteroatoms. The van der Waals surface area contributed by atoms with Crippen LogP contribution in [-0.4, -0.2) is 4.98 Å². The van der Waals surface area contributed by atoms with Gasteiger partial charge in [0, 0.05) is 22.3 Å². The first-order chi connectivity index (χ1) is 9.21. The van der Waals surface area contributed by atoms with Gasteiger partial charge in [-0.1, -0.05) is 34.8 Å². The number of alkyl halides is 3. The number of nitrogens with zero attached hydrogens (tertiary/aromatic N) is 1. The van der Waals surface area contributed by atoms with E-state index in [1.807, 2.05) is 0 Å². The van der Waals surface area contributed by atoms with Crippen LogP contribution in [0.5, 0.6) is 0 Å². The Balaban J connectivity index is 2.81. The molecule has 0 aliphatic carbocycles. The summed E-state index contributed by atoms with van der Waals surface area (Å²) < 4.78 is 52.2. The maximum atomic E-state index is 13.4. The van der Waals surface area contributed by atoms with E-state index >= 15 is 0 Å². The van der Waals surface area contributed by atoms with Gasteiger partial charge in [0.2, 0.25) is 5.95 Å². The molecule has 0 bridgehead atoms. The van der Waals surface area contributed by atoms with Gasteiger partial charge >= 0.3 is 6.18 Å². The molecule has 1 aromatic carbocycles. The van der Waals surface area contributed by atoms with E-state index < -0.39 is 23.3 Å². The molecule has 106 valence electrons. The smallest absolute Gasteiger partial charge is 0.228 e. The van der Waals surface area contributed by atoms with Gasteiger partial charge in [-0.25, -0.2) is 4.98 Å². The normalized spacial score (nSPS) is 11.8. The van der Waals surface area contributed by atoms with Crippen molar-refractivity contribution in [2.45, 2.75) is 6.18 Å². The molecule has 1 aromatic heterocycles. The fourth-order valence-electron chi connectivity index (χ4n) is 1.68. The number of rotatable bonds is 1. The summed E-state index contributed by atoms with van der Waals surface area (Å²) in [6, 6.07) is 3.46. The molecule has 0 unspecified atom stereocenters. The Morgan fingerprint density at radius 1 is 1.00 bits per heavy atom. The predicted molar refractivity (Wildman–Crippen MR) is 69.7 cm³/mol. The summed E-state index contributed by atoms with van der Waals surface area (Å²) in [7, 11) is 0. The Labute approximate surface area is 126 Å². The first-order valence-electron chi connectivity index (χ1n) is 5.08. The van der Waals surface area contributed by atoms with Crippen LogP contribution >= 0.6 is 34.8 Å². The quantitative estimate of drug-likeness (QED) is 0.358. The zero-order valence-corrected chi connectivity index (χ0v) is 11.7. The standard InChI is InChI=1S/C12H4Cl3F4N/c13-5-3-7(10(15)8(14)4-5)6-1-2-20-11(16)9(6)12(17,18)19/h1-4H. The first kappa shape index (κ1) is 15.4. The van der Waals surface area contributed by atoms with E-state index in [-0.39, 0.29) is 20.6 Å². The highest BCUT2D eigenvalue weighted by Gasteiger charge is 2.38. The van der Waals surface area contributed by atoms with Gasteiger partial charge in [0.1, 0.15) is 5.56 Å². The van der Waals surface area contributed by atoms with Crippen molar-refractivity contribution >= 4 is 34.8 Å². The van der Waals surface area contributed by atoms with Crippen molar-refractivity contribution in [1.82, 2.24) is 4.98 Å². The fraction of sp³-hybridized carbons (Fsp3) is 0.0833. The summed E-state index contributed by atoms with van der Waals surface area (Å²) in [6.45, 7) is 0. The van der Waals surface area contributed by atoms with Gasteiger partial charge < -0.3 is 0 Å². The number of aromatic nitrogens is 1. The summed E-state index contributed by atoms with van der Waals surface area (Å²) in [6.07, 6.45) is -4.02. The van der Waals surface area contributed by atoms with E-state index in [0.717, 1.165) is 12.3 Å². The summed E-state index contributed by atoms with van der Waals surface area (Å²) in [5.41, 5.74) is -2.10. The highest BCUT2D eigenvalue weighted by molar-refractivity contribution is 6.45. The van der Waals surface area contributed by atoms with E-state index in [1.54, 1.807) is 0 Å². The van der Waals surface area contributed by atoms with Crippen LogP contribution in [0.4, 0.5) is 17.6 Å². The summed E-state index contributed by atoms with van der Waals surface area (Å²) in [5, 5.41) is -0.0913. The van der Waals surface area contributed by atoms with Gasteiger partial charge in [0.15, 0.2) is 0 Å². The maximum absolute atomic E-state index is 13.4. The molecule has 0 aliphatic rings. The molecule has 0 radical (unpaired) electrons. The first-order valence-corrected chi connectivity index (χ1v) is 6.22. The number of pyridine rings is 1. The molecule has 0 fully saturated rings. The Bertz CT molecular complexity index is 670. The average molecular weight is 345 g/mol. The topological polar surface area (TPSA) is 12.9 Å². The molecule has 2 aromatic rings. The van der Waals surface area contributed by atoms with Gasteiger partial charge in [-0.05, 0) is 18.2 Å². The van der Waals surface area contributed by atoms with Crippen molar-refractivity contribution in [3.8, 4) is 11.1 Å². The van der Waals surface area contributed by atoms with E-state index in [2.05, 4.69) is 4.98 Å². The molecule has 0 N–H and O–H groups in total. The van der Waals surface area contributed by atoms with Crippen molar-refractivity contribution in [1.29, 1.82) is 0 Å². The Kier molecular flexibility index (Phi) is 4.14. The molecule has 2 rings (SSSR count). The van der Waals surface area contributed by atoms with Crippen molar-refractivity contribution < 1.29 is 17.6 Å². The number of hydrogen-bond acceptors (Lipinski definition) is 1. The van der Waals surface area contributed by atoms with Gasteiger partial charge in [-0.2, -0.15) is 17.6 Å². The lowest BCUT2D eigenvalue weighted by Gasteiger charge is -2.15. The third-order valence-corrected chi connectivity index (χ3v) is 3.49. The minimum Gasteiger partial charge on any atom is -0.228 e. The van der Waals surface area contributed by atoms with Crippen molar-refractivity contribution in [2.24, 2.45) is 0 Å². The average Bonchev–Trinajstić information content (AvgIpc) is 2.31. The molecule has 0 saturated heterocycles. The minimum atomic E-state index is -4.92. The molecule has 1 heterocycles. The van der Waals surface area contributed by atoms with Gasteiger partial charge in [0.25, 0.3) is 0 Å². The van der Waals surface area contributed by atoms with Crippen LogP contribution in [0.3, 0.4) is 0 Å². The summed E-state index contributed by atoms with van der Waals surface area (Å²) >= 11 is 17.4. The van der Waals surface area contributed by atoms with Crippen LogP contribution in [0.25, 0.3) is 11.1 Å². The highest BCUT2D eigenvalue weighted by atomic mass is 35.5. The van der Waals surface area contributed by atoms with Crippen LogP contribution in [-0.2, 0) is 6.18 Å². The third kappa shape index (κ3) is 2.85. The molecule has 1 nitrogen and oxygen atoms in total. The molecular formula is C12H4Cl3F4N. The second kappa shape index (κ2) is 5.39. The molecule has 0 aliphatic heterocycles. The second-order valence-electron chi connectivity index (χ2n) is 3.77. The zero-order chi connectivity index (χ0) is 15.1. The largest absolute Gasteiger partial charge is 0.421 e. The van der Waals surface area contributed by atoms with E-state index in [0.29, 0.717) is 0 Å². The molecule has 20 heavy (non-hydrogen) atoms. The molecule has 0 atom stereocenters. The van der Waals surface area contributed by atoms with Crippen LogP contribution in [0.15, 0.2) is 24.4 Å². The molecule has 0 saturated carbocycles. The Morgan fingerprint density at radius 2 is 1.65 bits per heavy atom. The molecule has 0 amide bonds. The number of halogens is 7. The highest BCUT2D eigenvalue weighted by Crippen LogP contribution is 2.43. The zero-order valence-electron chi connectivity index (χ0n) is 9.40. The molecule has 0 spiro atoms. The van der Waals surface area contributed by atoms with E-state index in [9.17, 15) is 17.6 Å². The summed E-state index contributed by atoms with van der Waals surface area (Å²) in [5.74, 6) is -1.64. The third-order valence-electron chi connectivity index (χ3n) is 2.47. The second-order valence-corrected chi connectivity index (χ2v) is 4.99. The van der Waals surface area contributed by atoms with E-state index in [1.165, 1.54) is 12.1 Å². The summed E-state index contributed by atoms with van der Waals surface area (Å²) in [4.78, 5) is 3.01. The van der Waals surface area contributed by atoms with Gasteiger partial charge in [0.05, 0.1) is 10.0 Å². The van der Waals surface area contributed by atoms with Crippen LogP contribution < -0.4 is 0 Å². The maximum Gasteiger partial charge on any atom is 0.421 e. The van der Waals surface area contributed by atoms with Crippen LogP contribution in [0.2, 0.25) is 15.1 Å². The number of hydrogen-bond donors (Lipinski definition) is 0. The fourth-order valence-corrected chi connectivity index (χ4v) is 2.39. The van der Waals surface area contributed by atoms with Gasteiger partial charge in [-0.3, -0.25) is 0 Å². The van der Waals surface area contributed by atoms with Crippen LogP contribution in [0.1, 0.15) is 5.56 Å². The van der Waals surface area contributed by atoms with Crippen LogP contribution in [0, 0.1) is 5.95 Å². The van der Waals surface area contributed by atoms with Gasteiger partial charge in [-0.15, -0.1) is 0 Å². The monoisotopic (exact) mass is 343 g/mol. The van der Waals surface area contributed by atoms with Crippen molar-refractivity contribution in [3.05, 3.63) is 51.0 Å². The number of benzene rings is 1. The lowest BCUT2D eigenvalue weighted by atomic mass is 10.0. The molecular weight excluding hydrogens is 340 g/mol. The van der Waals surface area contributed by atoms with E-state index in [4.69, 9.17) is 34.8 Å². The van der Waals surface area contributed by atoms with Crippen molar-refractivity contribution in [3.63, 3.8) is 0 Å². The Morgan fingerprint density at radius 3 is 2.25 bits per heavy atom. The Hall–Kier alpha value is -1.04. The SMILES string of the molecule is Fc1nccc(-c2cc(Cl)cc(Cl)c2Cl)c1C(F)(F)F. The predicted octanol–water partition coefficient (Wildman–Crippen LogP) is 5.87. The lowest BCUT2D eigenvalue weighted by Crippen LogP contribution is -2.11. The lowest BCUT2D eigenvalue weighted by molar-refractivity contribution is -0.139. The van der Waals surface area contributed by atoms with Crippen molar-refractivity contribution in [2.75, 3.05) is 0 Å².